The predicted octanol–water partition coefficient (Wildman–Crippen LogP) is -7.29. The third-order valence-corrected chi connectivity index (χ3v) is 24.7. The van der Waals surface area contributed by atoms with Crippen LogP contribution < -0.4 is 108 Å². The number of rotatable bonds is 21. The fourth-order valence-corrected chi connectivity index (χ4v) is 16.6. The van der Waals surface area contributed by atoms with Crippen LogP contribution in [0.25, 0.3) is 10.8 Å². The van der Waals surface area contributed by atoms with Gasteiger partial charge in [0, 0.05) is 88.6 Å². The normalized spacial score (nSPS) is 24.7. The number of phenolic OH excluding ortho intramolecular Hbond substituents is 1. The lowest BCUT2D eigenvalue weighted by Crippen LogP contribution is -2.62. The molecule has 0 aromatic heterocycles. The van der Waals surface area contributed by atoms with Crippen LogP contribution in [0.5, 0.6) is 5.75 Å². The summed E-state index contributed by atoms with van der Waals surface area (Å²) in [4.78, 5) is 323. The van der Waals surface area contributed by atoms with Gasteiger partial charge in [-0.2, -0.15) is 0 Å². The van der Waals surface area contributed by atoms with E-state index < -0.39 is 314 Å². The Labute approximate surface area is 821 Å². The number of phenols is 1. The molecule has 2 bridgehead atoms. The maximum absolute atomic E-state index is 15.1. The summed E-state index contributed by atoms with van der Waals surface area (Å²) in [7, 11) is 0. The average Bonchev–Trinajstić information content (AvgIpc) is 0.831. The number of carbonyl (C=O) groups excluding carboxylic acids is 19. The quantitative estimate of drug-likeness (QED) is 0.0368. The lowest BCUT2D eigenvalue weighted by Gasteiger charge is -2.33. The van der Waals surface area contributed by atoms with Crippen LogP contribution in [0.4, 0.5) is 0 Å². The molecule has 2 heterocycles. The third-order valence-electron chi connectivity index (χ3n) is 21.5. The van der Waals surface area contributed by atoms with Crippen molar-refractivity contribution in [3.05, 3.63) is 114 Å². The number of amides is 19. The molecule has 16 atom stereocenters. The Bertz CT molecular complexity index is 5190. The van der Waals surface area contributed by atoms with E-state index in [9.17, 15) is 121 Å². The molecule has 1 unspecified atom stereocenters. The number of thioether (sulfide) groups is 3. The smallest absolute Gasteiger partial charge is 0.305 e. The average molecular weight is 2030 g/mol. The molecule has 4 aromatic carbocycles. The number of carboxylic acids is 4. The van der Waals surface area contributed by atoms with E-state index in [1.54, 1.807) is 53.4 Å². The fourth-order valence-electron chi connectivity index (χ4n) is 13.9. The van der Waals surface area contributed by atoms with Gasteiger partial charge in [0.25, 0.3) is 0 Å². The number of primary amides is 2. The summed E-state index contributed by atoms with van der Waals surface area (Å²) in [6.07, 6.45) is -8.45. The standard InChI is InChI=1S/C89H121N21O28S3/c1-45(90)75(125)107-63-40-140-43-67(114)94-28-31-110-30-27-93-66(113)42-139-39-62(74(92)124)106-88(138)73(89(4,5)6)109-85(135)61(38-72(122)123)105-82(132)57(34-49-19-21-52(111)22-20-49)101-81(131)56(33-48-13-8-7-9-14-48)102-84(134)60(37-71(120)121)104-79(129)55(24-26-70(118)119)99-87(137)64(41-141-44-68(115)95-29-32-110)108-77(127)47(3)96-80(130)58(35-51-17-12-16-50-15-10-11-18-53(50)51)103-78(128)54(23-25-69(116)117)98-83(133)59(36-65(91)112)100-76(126)46(2)97-86(63)136/h7-22,45-47,54-64,73,111H,23-44,90H2,1-6H3,(H2,91,112)(H2,92,124)(H,93,113)(H,94,114)(H,95,115)(H,96,130)(H,97,136)(H,98,133)(H,99,137)(H,100,126)(H,101,131)(H,102,134)(H,103,128)(H,104,129)(H,105,132)(H,106,138)(H,107,125)(H,108,127)(H,109,135)(H,116,117)(H,118,119)(H,120,121)(H,122,123)/t45-,46+,47+,54-,55-,56-,57-,58-,59-,60-,61-,62-,63-,64+,73+/m0/s1. The highest BCUT2D eigenvalue weighted by Crippen LogP contribution is 2.24. The molecule has 141 heavy (non-hydrogen) atoms. The lowest BCUT2D eigenvalue weighted by molar-refractivity contribution is -0.142. The van der Waals surface area contributed by atoms with Crippen molar-refractivity contribution in [1.29, 1.82) is 0 Å². The van der Waals surface area contributed by atoms with Crippen molar-refractivity contribution in [3.63, 3.8) is 0 Å². The molecular weight excluding hydrogens is 1910 g/mol. The van der Waals surface area contributed by atoms with E-state index in [-0.39, 0.29) is 73.4 Å². The van der Waals surface area contributed by atoms with E-state index in [2.05, 4.69) is 90.4 Å². The molecule has 0 spiro atoms. The molecule has 0 aliphatic carbocycles. The minimum atomic E-state index is -2.28. The first kappa shape index (κ1) is 115. The summed E-state index contributed by atoms with van der Waals surface area (Å²) < 4.78 is 0. The molecule has 768 valence electrons. The molecule has 6 rings (SSSR count). The maximum Gasteiger partial charge on any atom is 0.305 e. The van der Waals surface area contributed by atoms with E-state index in [0.717, 1.165) is 37.4 Å². The highest BCUT2D eigenvalue weighted by molar-refractivity contribution is 8.00. The van der Waals surface area contributed by atoms with Crippen LogP contribution in [0.2, 0.25) is 0 Å². The van der Waals surface area contributed by atoms with Crippen molar-refractivity contribution < 1.29 is 136 Å². The Hall–Kier alpha value is -14.3. The minimum absolute atomic E-state index is 0.0246. The van der Waals surface area contributed by atoms with Gasteiger partial charge >= 0.3 is 23.9 Å². The van der Waals surface area contributed by atoms with Crippen LogP contribution >= 0.6 is 35.3 Å². The van der Waals surface area contributed by atoms with E-state index in [1.807, 2.05) is 0 Å². The molecule has 2 fully saturated rings. The van der Waals surface area contributed by atoms with Gasteiger partial charge in [-0.1, -0.05) is 106 Å². The van der Waals surface area contributed by atoms with Crippen molar-refractivity contribution in [2.24, 2.45) is 22.6 Å². The van der Waals surface area contributed by atoms with Gasteiger partial charge in [0.2, 0.25) is 112 Å². The summed E-state index contributed by atoms with van der Waals surface area (Å²) in [5.41, 5.74) is 16.7. The van der Waals surface area contributed by atoms with Gasteiger partial charge in [-0.05, 0) is 78.6 Å². The van der Waals surface area contributed by atoms with Gasteiger partial charge in [0.05, 0.1) is 42.6 Å². The lowest BCUT2D eigenvalue weighted by atomic mass is 9.85. The molecule has 0 radical (unpaired) electrons. The van der Waals surface area contributed by atoms with Gasteiger partial charge in [-0.3, -0.25) is 115 Å². The Kier molecular flexibility index (Phi) is 46.9. The monoisotopic (exact) mass is 2030 g/mol. The summed E-state index contributed by atoms with van der Waals surface area (Å²) in [6.45, 7) is 7.37. The zero-order chi connectivity index (χ0) is 104. The number of aromatic hydroxyl groups is 1. The van der Waals surface area contributed by atoms with Gasteiger partial charge < -0.3 is 133 Å². The number of carboxylic acid groups (broad SMARTS) is 4. The van der Waals surface area contributed by atoms with Crippen molar-refractivity contribution in [2.75, 3.05) is 73.8 Å². The van der Waals surface area contributed by atoms with Crippen molar-refractivity contribution in [2.45, 2.75) is 196 Å². The van der Waals surface area contributed by atoms with Gasteiger partial charge in [0.15, 0.2) is 0 Å². The molecule has 28 N–H and O–H groups in total. The number of fused-ring (bicyclic) bond motifs is 9. The van der Waals surface area contributed by atoms with E-state index in [4.69, 9.17) is 17.2 Å². The molecule has 49 nitrogen and oxygen atoms in total. The van der Waals surface area contributed by atoms with Crippen LogP contribution in [0, 0.1) is 5.41 Å². The van der Waals surface area contributed by atoms with Crippen LogP contribution in [-0.2, 0) is 130 Å². The number of nitrogens with one attached hydrogen (secondary N) is 17. The second-order valence-corrected chi connectivity index (χ2v) is 37.3. The van der Waals surface area contributed by atoms with Crippen LogP contribution in [0.1, 0.15) is 103 Å². The number of nitrogens with two attached hydrogens (primary N) is 3. The van der Waals surface area contributed by atoms with Crippen LogP contribution in [-0.4, -0.2) is 331 Å². The summed E-state index contributed by atoms with van der Waals surface area (Å²) in [5.74, 6) is -31.2. The van der Waals surface area contributed by atoms with Crippen molar-refractivity contribution in [3.8, 4) is 5.75 Å². The Morgan fingerprint density at radius 3 is 1.30 bits per heavy atom. The number of carbonyl (C=O) groups is 23. The number of hydrogen-bond donors (Lipinski definition) is 25. The van der Waals surface area contributed by atoms with E-state index in [0.29, 0.717) is 28.1 Å². The number of nitrogens with zero attached hydrogens (tertiary/aromatic N) is 1. The highest BCUT2D eigenvalue weighted by Gasteiger charge is 2.42. The molecule has 19 amide bonds. The van der Waals surface area contributed by atoms with Crippen molar-refractivity contribution >= 4 is 182 Å². The van der Waals surface area contributed by atoms with E-state index >= 15 is 14.4 Å². The zero-order valence-electron chi connectivity index (χ0n) is 78.0. The van der Waals surface area contributed by atoms with Crippen LogP contribution in [0.15, 0.2) is 97.1 Å². The van der Waals surface area contributed by atoms with Crippen LogP contribution in [0.3, 0.4) is 0 Å². The minimum Gasteiger partial charge on any atom is -0.508 e. The molecule has 0 saturated carbocycles. The topological polar surface area (TPSA) is 780 Å². The molecular formula is C89H121N21O28S3. The Morgan fingerprint density at radius 1 is 0.418 bits per heavy atom. The third kappa shape index (κ3) is 41.0. The highest BCUT2D eigenvalue weighted by atomic mass is 32.2. The number of hydrogen-bond acceptors (Lipinski definition) is 29. The molecule has 2 saturated heterocycles. The van der Waals surface area contributed by atoms with Crippen molar-refractivity contribution in [1.82, 2.24) is 95.3 Å². The first-order valence-corrected chi connectivity index (χ1v) is 48.0. The van der Waals surface area contributed by atoms with E-state index in [1.165, 1.54) is 76.2 Å². The second-order valence-electron chi connectivity index (χ2n) is 34.2. The maximum atomic E-state index is 15.1. The predicted molar refractivity (Wildman–Crippen MR) is 510 cm³/mol. The van der Waals surface area contributed by atoms with Gasteiger partial charge in [-0.15, -0.1) is 35.3 Å². The van der Waals surface area contributed by atoms with Gasteiger partial charge in [0.1, 0.15) is 90.3 Å². The zero-order valence-corrected chi connectivity index (χ0v) is 80.4. The van der Waals surface area contributed by atoms with Gasteiger partial charge in [-0.25, -0.2) is 0 Å². The summed E-state index contributed by atoms with van der Waals surface area (Å²) in [5, 5.41) is 93.4. The number of benzene rings is 4. The first-order chi connectivity index (χ1) is 66.5. The Balaban J connectivity index is 1.49. The molecule has 2 aliphatic heterocycles. The second kappa shape index (κ2) is 57.3. The summed E-state index contributed by atoms with van der Waals surface area (Å²) >= 11 is 2.31. The molecule has 2 aliphatic rings. The first-order valence-electron chi connectivity index (χ1n) is 44.5. The summed E-state index contributed by atoms with van der Waals surface area (Å²) in [6, 6.07) is -3.14. The number of aliphatic carboxylic acids is 4. The SMILES string of the molecule is C[C@H](N)C(=O)N[C@H]1CSCC(=O)NCCN2CCNC(=O)CSC[C@@H](C(N)=O)NC(=O)[C@H](C(C)(C)C)NC(=O)[C@H](CC(=O)O)NC(=O)[C@H](Cc3ccc(O)cc3)NC(=O)[C@H](Cc3ccccc3)NC(=O)[C@H](CC(=O)O)NC(=O)[C@H](CCC(=O)O)NC(=O)[C@@H](CSCC(=O)NCC2)NC(=O)[C@@H](C)NC(=O)[C@H](Cc2cccc3ccccc23)NC(=O)[C@H](CCC(=O)O)NC(=O)[C@H](CC(N)=O)NC(=O)[C@@H](C)NC1=O. The largest absolute Gasteiger partial charge is 0.508 e. The molecule has 52 heteroatoms. The molecule has 4 aromatic rings. The fraction of sp³-hybridized carbons (Fsp3) is 0.494. The Morgan fingerprint density at radius 2 is 0.816 bits per heavy atom.